The van der Waals surface area contributed by atoms with Crippen LogP contribution in [0.15, 0.2) is 18.2 Å². The second-order valence-corrected chi connectivity index (χ2v) is 5.80. The number of piperidine rings is 1. The predicted molar refractivity (Wildman–Crippen MR) is 83.0 cm³/mol. The lowest BCUT2D eigenvalue weighted by Gasteiger charge is -2.38. The summed E-state index contributed by atoms with van der Waals surface area (Å²) in [7, 11) is 0. The SMILES string of the molecule is CC(=O)Nc1cc(C(=O)N2CCCCC2C(C)N)ccc1F. The second-order valence-electron chi connectivity index (χ2n) is 5.80. The number of hydrogen-bond donors (Lipinski definition) is 2. The normalized spacial score (nSPS) is 19.6. The fraction of sp³-hybridized carbons (Fsp3) is 0.500. The topological polar surface area (TPSA) is 75.4 Å². The first kappa shape index (κ1) is 16.4. The number of amides is 2. The first-order valence-electron chi connectivity index (χ1n) is 7.54. The average molecular weight is 307 g/mol. The van der Waals surface area contributed by atoms with E-state index in [-0.39, 0.29) is 29.6 Å². The molecule has 1 fully saturated rings. The van der Waals surface area contributed by atoms with Crippen molar-refractivity contribution in [2.45, 2.75) is 45.2 Å². The summed E-state index contributed by atoms with van der Waals surface area (Å²) in [4.78, 5) is 25.6. The van der Waals surface area contributed by atoms with E-state index in [1.54, 1.807) is 4.90 Å². The summed E-state index contributed by atoms with van der Waals surface area (Å²) in [5.74, 6) is -1.11. The first-order chi connectivity index (χ1) is 10.4. The predicted octanol–water partition coefficient (Wildman–Crippen LogP) is 2.13. The summed E-state index contributed by atoms with van der Waals surface area (Å²) in [5.41, 5.74) is 6.36. The van der Waals surface area contributed by atoms with Gasteiger partial charge in [-0.25, -0.2) is 4.39 Å². The van der Waals surface area contributed by atoms with Gasteiger partial charge in [0.2, 0.25) is 5.91 Å². The maximum absolute atomic E-state index is 13.7. The zero-order valence-corrected chi connectivity index (χ0v) is 12.9. The Labute approximate surface area is 129 Å². The molecular formula is C16H22FN3O2. The van der Waals surface area contributed by atoms with Crippen molar-refractivity contribution in [3.63, 3.8) is 0 Å². The minimum atomic E-state index is -0.561. The molecule has 0 bridgehead atoms. The molecule has 120 valence electrons. The molecule has 3 N–H and O–H groups in total. The third-order valence-corrected chi connectivity index (χ3v) is 3.94. The largest absolute Gasteiger partial charge is 0.334 e. The Morgan fingerprint density at radius 1 is 1.41 bits per heavy atom. The monoisotopic (exact) mass is 307 g/mol. The molecule has 0 aromatic heterocycles. The molecule has 1 aromatic rings. The molecule has 5 nitrogen and oxygen atoms in total. The highest BCUT2D eigenvalue weighted by Crippen LogP contribution is 2.23. The molecule has 1 aliphatic heterocycles. The molecule has 0 aliphatic carbocycles. The van der Waals surface area contributed by atoms with Gasteiger partial charge in [0.1, 0.15) is 5.82 Å². The molecule has 1 heterocycles. The van der Waals surface area contributed by atoms with Crippen molar-refractivity contribution in [2.24, 2.45) is 5.73 Å². The molecule has 1 aliphatic rings. The molecule has 22 heavy (non-hydrogen) atoms. The summed E-state index contributed by atoms with van der Waals surface area (Å²) in [5, 5.41) is 2.40. The van der Waals surface area contributed by atoms with Crippen molar-refractivity contribution in [1.29, 1.82) is 0 Å². The van der Waals surface area contributed by atoms with E-state index in [1.165, 1.54) is 25.1 Å². The Kier molecular flexibility index (Phi) is 5.13. The van der Waals surface area contributed by atoms with E-state index in [9.17, 15) is 14.0 Å². The quantitative estimate of drug-likeness (QED) is 0.898. The van der Waals surface area contributed by atoms with Crippen molar-refractivity contribution >= 4 is 17.5 Å². The highest BCUT2D eigenvalue weighted by atomic mass is 19.1. The molecule has 2 amide bonds. The Hall–Kier alpha value is -1.95. The summed E-state index contributed by atoms with van der Waals surface area (Å²) >= 11 is 0. The smallest absolute Gasteiger partial charge is 0.254 e. The molecule has 0 radical (unpaired) electrons. The van der Waals surface area contributed by atoms with Gasteiger partial charge in [0, 0.05) is 31.1 Å². The van der Waals surface area contributed by atoms with Crippen LogP contribution in [0.3, 0.4) is 0 Å². The third-order valence-electron chi connectivity index (χ3n) is 3.94. The first-order valence-corrected chi connectivity index (χ1v) is 7.54. The summed E-state index contributed by atoms with van der Waals surface area (Å²) in [6.07, 6.45) is 2.87. The van der Waals surface area contributed by atoms with Gasteiger partial charge in [0.15, 0.2) is 0 Å². The van der Waals surface area contributed by atoms with Crippen LogP contribution >= 0.6 is 0 Å². The van der Waals surface area contributed by atoms with Gasteiger partial charge in [-0.1, -0.05) is 0 Å². The van der Waals surface area contributed by atoms with Gasteiger partial charge in [-0.2, -0.15) is 0 Å². The Morgan fingerprint density at radius 3 is 2.77 bits per heavy atom. The minimum Gasteiger partial charge on any atom is -0.334 e. The fourth-order valence-corrected chi connectivity index (χ4v) is 2.87. The maximum atomic E-state index is 13.7. The molecule has 1 saturated heterocycles. The highest BCUT2D eigenvalue weighted by molar-refractivity contribution is 5.97. The Morgan fingerprint density at radius 2 is 2.14 bits per heavy atom. The van der Waals surface area contributed by atoms with Crippen molar-refractivity contribution in [1.82, 2.24) is 4.90 Å². The number of nitrogens with zero attached hydrogens (tertiary/aromatic N) is 1. The van der Waals surface area contributed by atoms with Gasteiger partial charge in [0.25, 0.3) is 5.91 Å². The molecule has 1 aromatic carbocycles. The number of rotatable bonds is 3. The average Bonchev–Trinajstić information content (AvgIpc) is 2.48. The maximum Gasteiger partial charge on any atom is 0.254 e. The van der Waals surface area contributed by atoms with E-state index in [2.05, 4.69) is 5.32 Å². The zero-order chi connectivity index (χ0) is 16.3. The van der Waals surface area contributed by atoms with Crippen LogP contribution in [0.4, 0.5) is 10.1 Å². The molecule has 0 saturated carbocycles. The third kappa shape index (κ3) is 3.62. The van der Waals surface area contributed by atoms with E-state index < -0.39 is 5.82 Å². The molecule has 2 atom stereocenters. The van der Waals surface area contributed by atoms with Crippen molar-refractivity contribution in [3.05, 3.63) is 29.6 Å². The van der Waals surface area contributed by atoms with E-state index in [4.69, 9.17) is 5.73 Å². The number of carbonyl (C=O) groups excluding carboxylic acids is 2. The minimum absolute atomic E-state index is 0.00415. The highest BCUT2D eigenvalue weighted by Gasteiger charge is 2.30. The van der Waals surface area contributed by atoms with Gasteiger partial charge in [-0.3, -0.25) is 9.59 Å². The van der Waals surface area contributed by atoms with E-state index in [1.807, 2.05) is 6.92 Å². The van der Waals surface area contributed by atoms with Crippen LogP contribution in [0.25, 0.3) is 0 Å². The van der Waals surface area contributed by atoms with Crippen LogP contribution in [0, 0.1) is 5.82 Å². The van der Waals surface area contributed by atoms with E-state index in [0.29, 0.717) is 12.1 Å². The number of nitrogens with two attached hydrogens (primary N) is 1. The van der Waals surface area contributed by atoms with Crippen LogP contribution in [0.1, 0.15) is 43.5 Å². The van der Waals surface area contributed by atoms with Crippen LogP contribution in [-0.2, 0) is 4.79 Å². The van der Waals surface area contributed by atoms with Gasteiger partial charge in [0.05, 0.1) is 5.69 Å². The summed E-state index contributed by atoms with van der Waals surface area (Å²) in [6, 6.07) is 3.90. The van der Waals surface area contributed by atoms with Crippen molar-refractivity contribution in [2.75, 3.05) is 11.9 Å². The van der Waals surface area contributed by atoms with Crippen molar-refractivity contribution < 1.29 is 14.0 Å². The lowest BCUT2D eigenvalue weighted by molar-refractivity contribution is -0.114. The van der Waals surface area contributed by atoms with Crippen molar-refractivity contribution in [3.8, 4) is 0 Å². The number of nitrogens with one attached hydrogen (secondary N) is 1. The second kappa shape index (κ2) is 6.87. The van der Waals surface area contributed by atoms with Crippen LogP contribution in [-0.4, -0.2) is 35.3 Å². The van der Waals surface area contributed by atoms with Crippen LogP contribution in [0.2, 0.25) is 0 Å². The van der Waals surface area contributed by atoms with Gasteiger partial charge in [-0.15, -0.1) is 0 Å². The van der Waals surface area contributed by atoms with Gasteiger partial charge < -0.3 is 16.0 Å². The molecule has 2 rings (SSSR count). The number of benzene rings is 1. The number of carbonyl (C=O) groups is 2. The molecular weight excluding hydrogens is 285 g/mol. The summed E-state index contributed by atoms with van der Waals surface area (Å²) in [6.45, 7) is 3.84. The van der Waals surface area contributed by atoms with E-state index >= 15 is 0 Å². The van der Waals surface area contributed by atoms with Crippen LogP contribution < -0.4 is 11.1 Å². The lowest BCUT2D eigenvalue weighted by atomic mass is 9.96. The zero-order valence-electron chi connectivity index (χ0n) is 12.9. The number of likely N-dealkylation sites (tertiary alicyclic amines) is 1. The van der Waals surface area contributed by atoms with E-state index in [0.717, 1.165) is 19.3 Å². The number of hydrogen-bond acceptors (Lipinski definition) is 3. The molecule has 0 spiro atoms. The number of halogens is 1. The summed E-state index contributed by atoms with van der Waals surface area (Å²) < 4.78 is 13.7. The molecule has 6 heteroatoms. The standard InChI is InChI=1S/C16H22FN3O2/c1-10(18)15-5-3-4-8-20(15)16(22)12-6-7-13(17)14(9-12)19-11(2)21/h6-7,9-10,15H,3-5,8,18H2,1-2H3,(H,19,21). The van der Waals surface area contributed by atoms with Gasteiger partial charge >= 0.3 is 0 Å². The number of anilines is 1. The lowest BCUT2D eigenvalue weighted by Crippen LogP contribution is -2.51. The van der Waals surface area contributed by atoms with Crippen LogP contribution in [0.5, 0.6) is 0 Å². The molecule has 2 unspecified atom stereocenters. The van der Waals surface area contributed by atoms with Gasteiger partial charge in [-0.05, 0) is 44.4 Å². The Balaban J connectivity index is 2.26. The fourth-order valence-electron chi connectivity index (χ4n) is 2.87. The Bertz CT molecular complexity index is 575.